The van der Waals surface area contributed by atoms with E-state index in [0.29, 0.717) is 29.6 Å². The minimum absolute atomic E-state index is 0.0967. The monoisotopic (exact) mass is 302 g/mol. The molecular weight excluding hydrogens is 284 g/mol. The maximum atomic E-state index is 9.93. The Kier molecular flexibility index (Phi) is 5.53. The Bertz CT molecular complexity index is 646. The topological polar surface area (TPSA) is 88.9 Å². The molecule has 0 saturated carbocycles. The average Bonchev–Trinajstić information content (AvgIpc) is 2.55. The second kappa shape index (κ2) is 7.82. The molecule has 7 nitrogen and oxygen atoms in total. The summed E-state index contributed by atoms with van der Waals surface area (Å²) in [6, 6.07) is 6.68. The first-order chi connectivity index (χ1) is 10.7. The van der Waals surface area contributed by atoms with Gasteiger partial charge in [-0.2, -0.15) is 5.10 Å². The van der Waals surface area contributed by atoms with Crippen LogP contribution in [0.25, 0.3) is 0 Å². The number of nitrogens with one attached hydrogen (secondary N) is 1. The van der Waals surface area contributed by atoms with Crippen molar-refractivity contribution in [1.82, 2.24) is 9.97 Å². The number of nitrogens with zero attached hydrogens (tertiary/aromatic N) is 3. The first-order valence-corrected chi connectivity index (χ1v) is 6.84. The van der Waals surface area contributed by atoms with Crippen molar-refractivity contribution in [2.75, 3.05) is 19.1 Å². The molecule has 1 aromatic carbocycles. The van der Waals surface area contributed by atoms with Gasteiger partial charge in [0.05, 0.1) is 19.9 Å². The van der Waals surface area contributed by atoms with E-state index >= 15 is 0 Å². The van der Waals surface area contributed by atoms with E-state index in [1.54, 1.807) is 24.3 Å². The van der Waals surface area contributed by atoms with Gasteiger partial charge in [0.15, 0.2) is 5.82 Å². The van der Waals surface area contributed by atoms with Crippen molar-refractivity contribution >= 4 is 12.0 Å². The van der Waals surface area contributed by atoms with Crippen molar-refractivity contribution in [3.8, 4) is 17.4 Å². The van der Waals surface area contributed by atoms with Gasteiger partial charge in [0.2, 0.25) is 5.88 Å². The standard InChI is InChI=1S/C15H18N4O3/c1-3-6-22-12-5-4-11(13(20)7-12)9-18-19-14-8-15(21-2)17-10-16-14/h4-5,7-10,20H,3,6H2,1-2H3,(H,16,17,19)/b18-9+. The number of aromatic nitrogens is 2. The van der Waals surface area contributed by atoms with Crippen LogP contribution < -0.4 is 14.9 Å². The number of aromatic hydroxyl groups is 1. The molecule has 2 rings (SSSR count). The van der Waals surface area contributed by atoms with E-state index in [1.165, 1.54) is 19.7 Å². The summed E-state index contributed by atoms with van der Waals surface area (Å²) in [6.45, 7) is 2.64. The van der Waals surface area contributed by atoms with Crippen molar-refractivity contribution in [1.29, 1.82) is 0 Å². The SMILES string of the molecule is CCCOc1ccc(/C=N/Nc2cc(OC)ncn2)c(O)c1. The molecule has 116 valence electrons. The van der Waals surface area contributed by atoms with Crippen molar-refractivity contribution in [3.63, 3.8) is 0 Å². The van der Waals surface area contributed by atoms with Gasteiger partial charge in [-0.1, -0.05) is 6.92 Å². The van der Waals surface area contributed by atoms with Crippen LogP contribution in [0.15, 0.2) is 35.7 Å². The molecule has 22 heavy (non-hydrogen) atoms. The summed E-state index contributed by atoms with van der Waals surface area (Å²) in [4.78, 5) is 7.88. The van der Waals surface area contributed by atoms with Crippen LogP contribution in [0.4, 0.5) is 5.82 Å². The number of methoxy groups -OCH3 is 1. The lowest BCUT2D eigenvalue weighted by Gasteiger charge is -2.06. The molecule has 0 fully saturated rings. The Morgan fingerprint density at radius 1 is 1.32 bits per heavy atom. The zero-order chi connectivity index (χ0) is 15.8. The van der Waals surface area contributed by atoms with Gasteiger partial charge in [-0.3, -0.25) is 5.43 Å². The molecule has 0 aliphatic heterocycles. The van der Waals surface area contributed by atoms with Gasteiger partial charge in [-0.05, 0) is 18.6 Å². The first kappa shape index (κ1) is 15.6. The summed E-state index contributed by atoms with van der Waals surface area (Å²) in [5, 5.41) is 13.9. The molecule has 2 N–H and O–H groups in total. The molecule has 0 radical (unpaired) electrons. The lowest BCUT2D eigenvalue weighted by molar-refractivity contribution is 0.315. The van der Waals surface area contributed by atoms with Crippen LogP contribution in [0.1, 0.15) is 18.9 Å². The van der Waals surface area contributed by atoms with Gasteiger partial charge in [-0.15, -0.1) is 0 Å². The molecule has 0 amide bonds. The number of phenols is 1. The summed E-state index contributed by atoms with van der Waals surface area (Å²) in [5.74, 6) is 1.66. The largest absolute Gasteiger partial charge is 0.507 e. The minimum Gasteiger partial charge on any atom is -0.507 e. The highest BCUT2D eigenvalue weighted by Crippen LogP contribution is 2.22. The number of rotatable bonds is 7. The van der Waals surface area contributed by atoms with Crippen LogP contribution in [0.3, 0.4) is 0 Å². The van der Waals surface area contributed by atoms with E-state index in [2.05, 4.69) is 20.5 Å². The molecule has 7 heteroatoms. The molecule has 0 unspecified atom stereocenters. The summed E-state index contributed by atoms with van der Waals surface area (Å²) in [7, 11) is 1.52. The van der Waals surface area contributed by atoms with Crippen LogP contribution in [0.2, 0.25) is 0 Å². The molecule has 1 heterocycles. The minimum atomic E-state index is 0.0967. The molecule has 0 aliphatic carbocycles. The van der Waals surface area contributed by atoms with Gasteiger partial charge in [-0.25, -0.2) is 9.97 Å². The summed E-state index contributed by atoms with van der Waals surface area (Å²) in [5.41, 5.74) is 3.31. The lowest BCUT2D eigenvalue weighted by atomic mass is 10.2. The van der Waals surface area contributed by atoms with E-state index < -0.39 is 0 Å². The Balaban J connectivity index is 2.00. The van der Waals surface area contributed by atoms with Crippen LogP contribution in [0.5, 0.6) is 17.4 Å². The molecule has 1 aromatic heterocycles. The van der Waals surface area contributed by atoms with E-state index in [4.69, 9.17) is 9.47 Å². The van der Waals surface area contributed by atoms with Gasteiger partial charge in [0.1, 0.15) is 17.8 Å². The van der Waals surface area contributed by atoms with Crippen molar-refractivity contribution < 1.29 is 14.6 Å². The third-order valence-electron chi connectivity index (χ3n) is 2.71. The predicted molar refractivity (Wildman–Crippen MR) is 83.7 cm³/mol. The molecular formula is C15H18N4O3. The summed E-state index contributed by atoms with van der Waals surface area (Å²) in [6.07, 6.45) is 3.78. The Labute approximate surface area is 128 Å². The highest BCUT2D eigenvalue weighted by molar-refractivity contribution is 5.84. The van der Waals surface area contributed by atoms with Gasteiger partial charge in [0.25, 0.3) is 0 Å². The lowest BCUT2D eigenvalue weighted by Crippen LogP contribution is -1.97. The summed E-state index contributed by atoms with van der Waals surface area (Å²) >= 11 is 0. The van der Waals surface area contributed by atoms with E-state index in [9.17, 15) is 5.11 Å². The van der Waals surface area contributed by atoms with Crippen molar-refractivity contribution in [2.45, 2.75) is 13.3 Å². The number of benzene rings is 1. The Morgan fingerprint density at radius 2 is 2.18 bits per heavy atom. The third kappa shape index (κ3) is 4.34. The second-order valence-corrected chi connectivity index (χ2v) is 4.38. The zero-order valence-electron chi connectivity index (χ0n) is 12.5. The molecule has 0 bridgehead atoms. The number of hydrazone groups is 1. The van der Waals surface area contributed by atoms with Crippen molar-refractivity contribution in [3.05, 3.63) is 36.2 Å². The summed E-state index contributed by atoms with van der Waals surface area (Å²) < 4.78 is 10.4. The van der Waals surface area contributed by atoms with Crippen LogP contribution in [-0.4, -0.2) is 35.0 Å². The zero-order valence-corrected chi connectivity index (χ0v) is 12.5. The number of anilines is 1. The Hall–Kier alpha value is -2.83. The van der Waals surface area contributed by atoms with E-state index in [-0.39, 0.29) is 5.75 Å². The quantitative estimate of drug-likeness (QED) is 0.603. The smallest absolute Gasteiger partial charge is 0.218 e. The molecule has 0 aliphatic rings. The maximum absolute atomic E-state index is 9.93. The van der Waals surface area contributed by atoms with Gasteiger partial charge < -0.3 is 14.6 Å². The van der Waals surface area contributed by atoms with E-state index in [0.717, 1.165) is 6.42 Å². The normalized spacial score (nSPS) is 10.6. The van der Waals surface area contributed by atoms with Crippen LogP contribution in [-0.2, 0) is 0 Å². The number of hydrogen-bond donors (Lipinski definition) is 2. The Morgan fingerprint density at radius 3 is 2.91 bits per heavy atom. The fraction of sp³-hybridized carbons (Fsp3) is 0.267. The molecule has 0 spiro atoms. The maximum Gasteiger partial charge on any atom is 0.218 e. The fourth-order valence-electron chi connectivity index (χ4n) is 1.62. The average molecular weight is 302 g/mol. The second-order valence-electron chi connectivity index (χ2n) is 4.38. The van der Waals surface area contributed by atoms with Crippen molar-refractivity contribution in [2.24, 2.45) is 5.10 Å². The molecule has 0 atom stereocenters. The van der Waals surface area contributed by atoms with Gasteiger partial charge in [0, 0.05) is 17.7 Å². The first-order valence-electron chi connectivity index (χ1n) is 6.84. The fourth-order valence-corrected chi connectivity index (χ4v) is 1.62. The van der Waals surface area contributed by atoms with E-state index in [1.807, 2.05) is 6.92 Å². The van der Waals surface area contributed by atoms with Crippen LogP contribution >= 0.6 is 0 Å². The number of ether oxygens (including phenoxy) is 2. The van der Waals surface area contributed by atoms with Crippen LogP contribution in [0, 0.1) is 0 Å². The molecule has 2 aromatic rings. The highest BCUT2D eigenvalue weighted by Gasteiger charge is 2.02. The van der Waals surface area contributed by atoms with Gasteiger partial charge >= 0.3 is 0 Å². The molecule has 0 saturated heterocycles. The number of hydrogen-bond acceptors (Lipinski definition) is 7. The number of phenolic OH excluding ortho intramolecular Hbond substituents is 1. The third-order valence-corrected chi connectivity index (χ3v) is 2.71. The predicted octanol–water partition coefficient (Wildman–Crippen LogP) is 2.43. The highest BCUT2D eigenvalue weighted by atomic mass is 16.5.